The van der Waals surface area contributed by atoms with Crippen LogP contribution in [0, 0.1) is 17.6 Å². The lowest BCUT2D eigenvalue weighted by Crippen LogP contribution is -2.53. The molecule has 3 rings (SSSR count). The van der Waals surface area contributed by atoms with Crippen LogP contribution in [-0.4, -0.2) is 42.7 Å². The number of fused-ring (bicyclic) bond motifs is 1. The average Bonchev–Trinajstić information content (AvgIpc) is 2.46. The number of aliphatic hydroxyl groups is 1. The van der Waals surface area contributed by atoms with Gasteiger partial charge in [0, 0.05) is 19.1 Å². The van der Waals surface area contributed by atoms with Crippen LogP contribution in [0.5, 0.6) is 0 Å². The zero-order valence-electron chi connectivity index (χ0n) is 12.4. The number of likely N-dealkylation sites (tertiary alicyclic amines) is 1. The number of halogens is 2. The van der Waals surface area contributed by atoms with Gasteiger partial charge in [0.1, 0.15) is 17.3 Å². The molecular weight excluding hydrogens is 274 g/mol. The maximum absolute atomic E-state index is 14.2. The monoisotopic (exact) mass is 296 g/mol. The van der Waals surface area contributed by atoms with Crippen LogP contribution in [0.15, 0.2) is 12.1 Å². The van der Waals surface area contributed by atoms with E-state index in [-0.39, 0.29) is 17.9 Å². The molecule has 0 aromatic heterocycles. The molecule has 3 nitrogen and oxygen atoms in total. The van der Waals surface area contributed by atoms with Crippen molar-refractivity contribution in [2.24, 2.45) is 5.92 Å². The molecule has 2 fully saturated rings. The molecule has 0 spiro atoms. The van der Waals surface area contributed by atoms with Gasteiger partial charge in [0.2, 0.25) is 0 Å². The highest BCUT2D eigenvalue weighted by atomic mass is 19.1. The van der Waals surface area contributed by atoms with Gasteiger partial charge in [0.15, 0.2) is 0 Å². The number of anilines is 1. The summed E-state index contributed by atoms with van der Waals surface area (Å²) in [6.45, 7) is 2.16. The molecule has 21 heavy (non-hydrogen) atoms. The Morgan fingerprint density at radius 2 is 1.90 bits per heavy atom. The lowest BCUT2D eigenvalue weighted by molar-refractivity contribution is 0.102. The maximum Gasteiger partial charge on any atom is 0.149 e. The minimum Gasteiger partial charge on any atom is -0.392 e. The van der Waals surface area contributed by atoms with Gasteiger partial charge in [0.05, 0.1) is 6.61 Å². The van der Waals surface area contributed by atoms with Crippen molar-refractivity contribution in [3.63, 3.8) is 0 Å². The molecule has 116 valence electrons. The second-order valence-electron chi connectivity index (χ2n) is 6.25. The summed E-state index contributed by atoms with van der Waals surface area (Å²) in [5.74, 6) is -0.655. The van der Waals surface area contributed by atoms with Gasteiger partial charge in [0.25, 0.3) is 0 Å². The Morgan fingerprint density at radius 3 is 2.57 bits per heavy atom. The van der Waals surface area contributed by atoms with Crippen LogP contribution >= 0.6 is 0 Å². The summed E-state index contributed by atoms with van der Waals surface area (Å²) in [6.07, 6.45) is 3.23. The van der Waals surface area contributed by atoms with E-state index in [2.05, 4.69) is 11.9 Å². The molecule has 0 radical (unpaired) electrons. The third-order valence-electron chi connectivity index (χ3n) is 4.92. The molecule has 1 aromatic carbocycles. The number of hydrogen-bond acceptors (Lipinski definition) is 3. The van der Waals surface area contributed by atoms with Crippen molar-refractivity contribution in [3.05, 3.63) is 29.3 Å². The van der Waals surface area contributed by atoms with E-state index in [1.165, 1.54) is 12.1 Å². The molecule has 0 saturated carbocycles. The van der Waals surface area contributed by atoms with Gasteiger partial charge in [-0.2, -0.15) is 0 Å². The fourth-order valence-electron chi connectivity index (χ4n) is 3.87. The van der Waals surface area contributed by atoms with E-state index in [1.807, 2.05) is 4.90 Å². The van der Waals surface area contributed by atoms with Gasteiger partial charge in [-0.1, -0.05) is 0 Å². The number of hydrogen-bond donors (Lipinski definition) is 1. The fraction of sp³-hybridized carbons (Fsp3) is 0.625. The van der Waals surface area contributed by atoms with Crippen molar-refractivity contribution in [3.8, 4) is 0 Å². The lowest BCUT2D eigenvalue weighted by Gasteiger charge is -2.46. The van der Waals surface area contributed by atoms with Crippen molar-refractivity contribution >= 4 is 5.69 Å². The summed E-state index contributed by atoms with van der Waals surface area (Å²) in [5, 5.41) is 9.02. The number of nitrogens with zero attached hydrogens (tertiary/aromatic N) is 2. The van der Waals surface area contributed by atoms with Crippen LogP contribution in [0.25, 0.3) is 0 Å². The predicted molar refractivity (Wildman–Crippen MR) is 78.3 cm³/mol. The van der Waals surface area contributed by atoms with Crippen molar-refractivity contribution in [1.29, 1.82) is 0 Å². The summed E-state index contributed by atoms with van der Waals surface area (Å²) in [4.78, 5) is 4.22. The van der Waals surface area contributed by atoms with Crippen LogP contribution in [0.3, 0.4) is 0 Å². The van der Waals surface area contributed by atoms with Crippen LogP contribution in [-0.2, 0) is 6.61 Å². The average molecular weight is 296 g/mol. The molecule has 2 aliphatic rings. The first kappa shape index (κ1) is 14.7. The van der Waals surface area contributed by atoms with Crippen LogP contribution in [0.2, 0.25) is 0 Å². The molecule has 1 N–H and O–H groups in total. The van der Waals surface area contributed by atoms with Gasteiger partial charge in [-0.3, -0.25) is 0 Å². The van der Waals surface area contributed by atoms with E-state index in [9.17, 15) is 8.78 Å². The normalized spacial score (nSPS) is 26.8. The van der Waals surface area contributed by atoms with E-state index in [1.54, 1.807) is 0 Å². The molecule has 2 heterocycles. The van der Waals surface area contributed by atoms with Crippen molar-refractivity contribution in [2.45, 2.75) is 31.9 Å². The van der Waals surface area contributed by atoms with Crippen molar-refractivity contribution in [1.82, 2.24) is 4.90 Å². The smallest absolute Gasteiger partial charge is 0.149 e. The SMILES string of the molecule is CN1CCCC2CN(c3c(F)cc(CO)cc3F)CCC21. The zero-order valence-corrected chi connectivity index (χ0v) is 12.4. The Morgan fingerprint density at radius 1 is 1.19 bits per heavy atom. The highest BCUT2D eigenvalue weighted by molar-refractivity contribution is 5.51. The minimum absolute atomic E-state index is 0.0684. The van der Waals surface area contributed by atoms with Crippen LogP contribution in [0.4, 0.5) is 14.5 Å². The predicted octanol–water partition coefficient (Wildman–Crippen LogP) is 2.38. The third kappa shape index (κ3) is 2.77. The molecule has 2 atom stereocenters. The molecule has 0 amide bonds. The Hall–Kier alpha value is -1.20. The standard InChI is InChI=1S/C16H22F2N2O/c1-19-5-2-3-12-9-20(6-4-15(12)19)16-13(17)7-11(10-21)8-14(16)18/h7-8,12,15,21H,2-6,9-10H2,1H3. The quantitative estimate of drug-likeness (QED) is 0.908. The molecule has 2 saturated heterocycles. The molecule has 2 aliphatic heterocycles. The van der Waals surface area contributed by atoms with Gasteiger partial charge in [-0.05, 0) is 56.5 Å². The van der Waals surface area contributed by atoms with Crippen LogP contribution in [0.1, 0.15) is 24.8 Å². The van der Waals surface area contributed by atoms with Gasteiger partial charge < -0.3 is 14.9 Å². The maximum atomic E-state index is 14.2. The first-order valence-corrected chi connectivity index (χ1v) is 7.64. The first-order chi connectivity index (χ1) is 10.1. The molecule has 0 bridgehead atoms. The molecule has 1 aromatic rings. The van der Waals surface area contributed by atoms with Gasteiger partial charge in [-0.25, -0.2) is 8.78 Å². The second kappa shape index (κ2) is 5.89. The summed E-state index contributed by atoms with van der Waals surface area (Å²) in [7, 11) is 2.14. The zero-order chi connectivity index (χ0) is 15.0. The Bertz CT molecular complexity index is 500. The highest BCUT2D eigenvalue weighted by Crippen LogP contribution is 2.34. The van der Waals surface area contributed by atoms with E-state index >= 15 is 0 Å². The summed E-state index contributed by atoms with van der Waals surface area (Å²) in [6, 6.07) is 3.01. The number of aliphatic hydroxyl groups excluding tert-OH is 1. The van der Waals surface area contributed by atoms with Gasteiger partial charge in [-0.15, -0.1) is 0 Å². The summed E-state index contributed by atoms with van der Waals surface area (Å²) in [5.41, 5.74) is 0.347. The van der Waals surface area contributed by atoms with E-state index in [0.29, 0.717) is 25.0 Å². The molecular formula is C16H22F2N2O. The van der Waals surface area contributed by atoms with E-state index in [4.69, 9.17) is 5.11 Å². The molecule has 0 aliphatic carbocycles. The highest BCUT2D eigenvalue weighted by Gasteiger charge is 2.35. The fourth-order valence-corrected chi connectivity index (χ4v) is 3.87. The first-order valence-electron chi connectivity index (χ1n) is 7.64. The number of piperidine rings is 2. The van der Waals surface area contributed by atoms with E-state index in [0.717, 1.165) is 25.8 Å². The lowest BCUT2D eigenvalue weighted by atomic mass is 9.84. The summed E-state index contributed by atoms with van der Waals surface area (Å²) >= 11 is 0. The number of rotatable bonds is 2. The van der Waals surface area contributed by atoms with Crippen molar-refractivity contribution < 1.29 is 13.9 Å². The molecule has 2 unspecified atom stereocenters. The number of benzene rings is 1. The van der Waals surface area contributed by atoms with Crippen molar-refractivity contribution in [2.75, 3.05) is 31.6 Å². The van der Waals surface area contributed by atoms with Crippen LogP contribution < -0.4 is 4.90 Å². The Kier molecular flexibility index (Phi) is 4.13. The van der Waals surface area contributed by atoms with E-state index < -0.39 is 11.6 Å². The Balaban J connectivity index is 1.82. The second-order valence-corrected chi connectivity index (χ2v) is 6.25. The summed E-state index contributed by atoms with van der Waals surface area (Å²) < 4.78 is 28.4. The largest absolute Gasteiger partial charge is 0.392 e. The molecule has 5 heteroatoms. The van der Waals surface area contributed by atoms with Gasteiger partial charge >= 0.3 is 0 Å². The third-order valence-corrected chi connectivity index (χ3v) is 4.92. The minimum atomic E-state index is -0.568. The Labute approximate surface area is 124 Å². The topological polar surface area (TPSA) is 26.7 Å².